The molecule has 2 rings (SSSR count). The number of amides is 1. The highest BCUT2D eigenvalue weighted by atomic mass is 16.3. The summed E-state index contributed by atoms with van der Waals surface area (Å²) in [6.45, 7) is 1.72. The lowest BCUT2D eigenvalue weighted by Gasteiger charge is -2.23. The summed E-state index contributed by atoms with van der Waals surface area (Å²) < 4.78 is 0. The van der Waals surface area contributed by atoms with Crippen LogP contribution in [0.25, 0.3) is 0 Å². The Bertz CT molecular complexity index is 414. The fraction of sp³-hybridized carbons (Fsp3) is 0.417. The summed E-state index contributed by atoms with van der Waals surface area (Å²) in [5.74, 6) is -1.000. The van der Waals surface area contributed by atoms with Crippen molar-refractivity contribution in [1.82, 2.24) is 10.6 Å². The number of hydrogen-bond donors (Lipinski definition) is 4. The minimum Gasteiger partial charge on any atom is -0.504 e. The van der Waals surface area contributed by atoms with E-state index in [1.165, 1.54) is 18.2 Å². The van der Waals surface area contributed by atoms with Gasteiger partial charge in [0, 0.05) is 12.6 Å². The maximum Gasteiger partial charge on any atom is 0.255 e. The van der Waals surface area contributed by atoms with Crippen LogP contribution in [-0.4, -0.2) is 35.3 Å². The Hall–Kier alpha value is -1.75. The van der Waals surface area contributed by atoms with Crippen LogP contribution in [0.2, 0.25) is 0 Å². The molecule has 0 aliphatic carbocycles. The van der Waals surface area contributed by atoms with E-state index in [9.17, 15) is 15.0 Å². The first-order valence-corrected chi connectivity index (χ1v) is 5.71. The molecule has 1 saturated heterocycles. The number of nitrogens with one attached hydrogen (secondary N) is 2. The highest BCUT2D eigenvalue weighted by molar-refractivity contribution is 5.97. The fourth-order valence-corrected chi connectivity index (χ4v) is 1.95. The third kappa shape index (κ3) is 2.68. The van der Waals surface area contributed by atoms with Gasteiger partial charge in [-0.25, -0.2) is 0 Å². The summed E-state index contributed by atoms with van der Waals surface area (Å²) in [4.78, 5) is 11.9. The maximum atomic E-state index is 11.9. The molecule has 4 N–H and O–H groups in total. The lowest BCUT2D eigenvalue weighted by Crippen LogP contribution is -2.45. The summed E-state index contributed by atoms with van der Waals surface area (Å²) in [6.07, 6.45) is 1.95. The molecule has 1 aliphatic heterocycles. The normalized spacial score (nSPS) is 19.9. The van der Waals surface area contributed by atoms with E-state index < -0.39 is 0 Å². The van der Waals surface area contributed by atoms with Crippen LogP contribution in [0, 0.1) is 0 Å². The van der Waals surface area contributed by atoms with Gasteiger partial charge < -0.3 is 20.8 Å². The molecule has 0 spiro atoms. The van der Waals surface area contributed by atoms with E-state index in [2.05, 4.69) is 10.6 Å². The van der Waals surface area contributed by atoms with Crippen molar-refractivity contribution in [3.63, 3.8) is 0 Å². The zero-order chi connectivity index (χ0) is 12.3. The largest absolute Gasteiger partial charge is 0.504 e. The van der Waals surface area contributed by atoms with E-state index in [0.717, 1.165) is 25.9 Å². The van der Waals surface area contributed by atoms with Gasteiger partial charge in [-0.1, -0.05) is 6.07 Å². The molecule has 92 valence electrons. The van der Waals surface area contributed by atoms with E-state index in [0.29, 0.717) is 0 Å². The lowest BCUT2D eigenvalue weighted by atomic mass is 10.1. The van der Waals surface area contributed by atoms with Gasteiger partial charge in [0.25, 0.3) is 5.91 Å². The highest BCUT2D eigenvalue weighted by Gasteiger charge is 2.19. The third-order valence-corrected chi connectivity index (χ3v) is 2.89. The van der Waals surface area contributed by atoms with E-state index in [1.54, 1.807) is 0 Å². The topological polar surface area (TPSA) is 81.6 Å². The van der Waals surface area contributed by atoms with Crippen LogP contribution in [0.3, 0.4) is 0 Å². The Balaban J connectivity index is 2.06. The quantitative estimate of drug-likeness (QED) is 0.566. The van der Waals surface area contributed by atoms with Crippen LogP contribution in [0.4, 0.5) is 0 Å². The van der Waals surface area contributed by atoms with Gasteiger partial charge in [0.2, 0.25) is 0 Å². The predicted molar refractivity (Wildman–Crippen MR) is 63.1 cm³/mol. The first-order valence-electron chi connectivity index (χ1n) is 5.71. The summed E-state index contributed by atoms with van der Waals surface area (Å²) in [5, 5.41) is 24.9. The molecule has 1 aliphatic rings. The number of rotatable bonds is 2. The molecule has 5 nitrogen and oxygen atoms in total. The summed E-state index contributed by atoms with van der Waals surface area (Å²) in [5.41, 5.74) is 0.107. The van der Waals surface area contributed by atoms with Gasteiger partial charge in [-0.3, -0.25) is 4.79 Å². The monoisotopic (exact) mass is 236 g/mol. The molecule has 0 bridgehead atoms. The second-order valence-electron chi connectivity index (χ2n) is 4.19. The van der Waals surface area contributed by atoms with Gasteiger partial charge >= 0.3 is 0 Å². The van der Waals surface area contributed by atoms with Crippen molar-refractivity contribution >= 4 is 5.91 Å². The van der Waals surface area contributed by atoms with Crippen LogP contribution in [-0.2, 0) is 0 Å². The zero-order valence-corrected chi connectivity index (χ0v) is 9.44. The van der Waals surface area contributed by atoms with Crippen molar-refractivity contribution in [1.29, 1.82) is 0 Å². The van der Waals surface area contributed by atoms with E-state index in [-0.39, 0.29) is 29.0 Å². The van der Waals surface area contributed by atoms with E-state index in [4.69, 9.17) is 0 Å². The first kappa shape index (κ1) is 11.7. The minimum atomic E-state index is -0.367. The standard InChI is InChI=1S/C12H16N2O3/c15-10-5-1-4-9(11(10)16)12(17)14-8-3-2-6-13-7-8/h1,4-5,8,13,15-16H,2-3,6-7H2,(H,14,17)/t8-/m1/s1. The fourth-order valence-electron chi connectivity index (χ4n) is 1.95. The molecule has 5 heteroatoms. The molecule has 1 aromatic rings. The van der Waals surface area contributed by atoms with Crippen LogP contribution in [0.15, 0.2) is 18.2 Å². The van der Waals surface area contributed by atoms with Gasteiger partial charge in [0.15, 0.2) is 11.5 Å². The van der Waals surface area contributed by atoms with Gasteiger partial charge in [0.05, 0.1) is 5.56 Å². The highest BCUT2D eigenvalue weighted by Crippen LogP contribution is 2.28. The van der Waals surface area contributed by atoms with E-state index in [1.807, 2.05) is 0 Å². The van der Waals surface area contributed by atoms with Gasteiger partial charge in [-0.15, -0.1) is 0 Å². The van der Waals surface area contributed by atoms with Gasteiger partial charge in [-0.2, -0.15) is 0 Å². The Labute approximate surface area is 99.5 Å². The summed E-state index contributed by atoms with van der Waals surface area (Å²) >= 11 is 0. The van der Waals surface area contributed by atoms with Crippen LogP contribution in [0.1, 0.15) is 23.2 Å². The zero-order valence-electron chi connectivity index (χ0n) is 9.44. The molecule has 1 fully saturated rings. The number of carbonyl (C=O) groups excluding carboxylic acids is 1. The number of piperidine rings is 1. The molecule has 0 aromatic heterocycles. The van der Waals surface area contributed by atoms with Crippen molar-refractivity contribution in [2.24, 2.45) is 0 Å². The van der Waals surface area contributed by atoms with Crippen molar-refractivity contribution < 1.29 is 15.0 Å². The Morgan fingerprint density at radius 3 is 2.94 bits per heavy atom. The Morgan fingerprint density at radius 1 is 1.41 bits per heavy atom. The Kier molecular flexibility index (Phi) is 3.49. The number of benzene rings is 1. The smallest absolute Gasteiger partial charge is 0.255 e. The Morgan fingerprint density at radius 2 is 2.24 bits per heavy atom. The maximum absolute atomic E-state index is 11.9. The van der Waals surface area contributed by atoms with Crippen molar-refractivity contribution in [3.05, 3.63) is 23.8 Å². The predicted octanol–water partition coefficient (Wildman–Crippen LogP) is 0.580. The second kappa shape index (κ2) is 5.05. The molecule has 1 amide bonds. The molecule has 1 heterocycles. The average Bonchev–Trinajstić information content (AvgIpc) is 2.34. The summed E-state index contributed by atoms with van der Waals surface area (Å²) in [7, 11) is 0. The molecular formula is C12H16N2O3. The van der Waals surface area contributed by atoms with Gasteiger partial charge in [-0.05, 0) is 31.5 Å². The SMILES string of the molecule is O=C(N[C@@H]1CCCNC1)c1cccc(O)c1O. The van der Waals surface area contributed by atoms with Crippen LogP contribution >= 0.6 is 0 Å². The summed E-state index contributed by atoms with van der Waals surface area (Å²) in [6, 6.07) is 4.44. The van der Waals surface area contributed by atoms with Gasteiger partial charge in [0.1, 0.15) is 0 Å². The van der Waals surface area contributed by atoms with Crippen LogP contribution < -0.4 is 10.6 Å². The number of hydrogen-bond acceptors (Lipinski definition) is 4. The van der Waals surface area contributed by atoms with Crippen molar-refractivity contribution in [2.75, 3.05) is 13.1 Å². The molecule has 0 radical (unpaired) electrons. The number of phenolic OH excluding ortho intramolecular Hbond substituents is 2. The third-order valence-electron chi connectivity index (χ3n) is 2.89. The molecule has 17 heavy (non-hydrogen) atoms. The molecule has 1 atom stereocenters. The molecule has 0 saturated carbocycles. The molecule has 1 aromatic carbocycles. The van der Waals surface area contributed by atoms with Crippen LogP contribution in [0.5, 0.6) is 11.5 Å². The first-order chi connectivity index (χ1) is 8.18. The number of aromatic hydroxyl groups is 2. The molecular weight excluding hydrogens is 220 g/mol. The van der Waals surface area contributed by atoms with E-state index >= 15 is 0 Å². The number of phenols is 2. The van der Waals surface area contributed by atoms with Crippen molar-refractivity contribution in [2.45, 2.75) is 18.9 Å². The molecule has 0 unspecified atom stereocenters. The number of carbonyl (C=O) groups is 1. The average molecular weight is 236 g/mol. The lowest BCUT2D eigenvalue weighted by molar-refractivity contribution is 0.0927. The number of para-hydroxylation sites is 1. The van der Waals surface area contributed by atoms with Crippen molar-refractivity contribution in [3.8, 4) is 11.5 Å². The second-order valence-corrected chi connectivity index (χ2v) is 4.19. The minimum absolute atomic E-state index is 0.0815.